The lowest BCUT2D eigenvalue weighted by Gasteiger charge is -2.41. The highest BCUT2D eigenvalue weighted by Gasteiger charge is 2.39. The summed E-state index contributed by atoms with van der Waals surface area (Å²) < 4.78 is 0. The van der Waals surface area contributed by atoms with Crippen LogP contribution in [-0.2, 0) is 4.79 Å². The highest BCUT2D eigenvalue weighted by Crippen LogP contribution is 2.41. The second-order valence-corrected chi connectivity index (χ2v) is 6.32. The molecule has 0 heterocycles. The van der Waals surface area contributed by atoms with E-state index >= 15 is 0 Å². The van der Waals surface area contributed by atoms with E-state index in [0.717, 1.165) is 19.3 Å². The molecular weight excluding hydrogens is 224 g/mol. The molecule has 0 aliphatic heterocycles. The Morgan fingerprint density at radius 2 is 2.11 bits per heavy atom. The maximum absolute atomic E-state index is 12.7. The fourth-order valence-corrected chi connectivity index (χ4v) is 2.95. The molecule has 3 heteroatoms. The second-order valence-electron chi connectivity index (χ2n) is 6.32. The van der Waals surface area contributed by atoms with Crippen molar-refractivity contribution in [3.8, 4) is 6.07 Å². The fourth-order valence-electron chi connectivity index (χ4n) is 2.95. The SMILES string of the molecule is CC(C)N(CCC#N)C(=O)C1CCCCC1(C)C. The van der Waals surface area contributed by atoms with Crippen molar-refractivity contribution in [1.82, 2.24) is 4.90 Å². The highest BCUT2D eigenvalue weighted by molar-refractivity contribution is 5.80. The number of carbonyl (C=O) groups is 1. The lowest BCUT2D eigenvalue weighted by Crippen LogP contribution is -2.46. The quantitative estimate of drug-likeness (QED) is 0.768. The monoisotopic (exact) mass is 250 g/mol. The van der Waals surface area contributed by atoms with E-state index in [1.165, 1.54) is 6.42 Å². The van der Waals surface area contributed by atoms with Gasteiger partial charge in [-0.05, 0) is 32.1 Å². The van der Waals surface area contributed by atoms with Crippen molar-refractivity contribution in [3.05, 3.63) is 0 Å². The number of hydrogen-bond acceptors (Lipinski definition) is 2. The number of rotatable bonds is 4. The van der Waals surface area contributed by atoms with E-state index in [9.17, 15) is 4.79 Å². The first-order valence-electron chi connectivity index (χ1n) is 7.07. The smallest absolute Gasteiger partial charge is 0.226 e. The molecule has 0 spiro atoms. The summed E-state index contributed by atoms with van der Waals surface area (Å²) in [7, 11) is 0. The van der Waals surface area contributed by atoms with Gasteiger partial charge in [-0.2, -0.15) is 5.26 Å². The Bertz CT molecular complexity index is 328. The van der Waals surface area contributed by atoms with Crippen LogP contribution in [0.15, 0.2) is 0 Å². The van der Waals surface area contributed by atoms with Crippen LogP contribution in [0.2, 0.25) is 0 Å². The average molecular weight is 250 g/mol. The number of nitrogens with zero attached hydrogens (tertiary/aromatic N) is 2. The predicted molar refractivity (Wildman–Crippen MR) is 72.8 cm³/mol. The average Bonchev–Trinajstić information content (AvgIpc) is 2.28. The lowest BCUT2D eigenvalue weighted by molar-refractivity contribution is -0.142. The summed E-state index contributed by atoms with van der Waals surface area (Å²) in [5.41, 5.74) is 0.106. The van der Waals surface area contributed by atoms with Crippen molar-refractivity contribution in [2.45, 2.75) is 65.8 Å². The normalized spacial score (nSPS) is 22.6. The molecule has 1 aliphatic rings. The Morgan fingerprint density at radius 3 is 2.61 bits per heavy atom. The maximum atomic E-state index is 12.7. The van der Waals surface area contributed by atoms with Gasteiger partial charge in [0.25, 0.3) is 0 Å². The summed E-state index contributed by atoms with van der Waals surface area (Å²) in [5, 5.41) is 8.70. The zero-order chi connectivity index (χ0) is 13.8. The van der Waals surface area contributed by atoms with Crippen LogP contribution < -0.4 is 0 Å². The molecule has 3 nitrogen and oxygen atoms in total. The van der Waals surface area contributed by atoms with Gasteiger partial charge in [-0.25, -0.2) is 0 Å². The molecule has 1 aliphatic carbocycles. The van der Waals surface area contributed by atoms with Crippen molar-refractivity contribution >= 4 is 5.91 Å². The van der Waals surface area contributed by atoms with Crippen LogP contribution in [0.1, 0.15) is 59.8 Å². The molecule has 0 aromatic heterocycles. The molecule has 1 amide bonds. The molecule has 102 valence electrons. The standard InChI is InChI=1S/C15H26N2O/c1-12(2)17(11-7-10-16)14(18)13-8-5-6-9-15(13,3)4/h12-13H,5-9,11H2,1-4H3. The molecular formula is C15H26N2O. The fraction of sp³-hybridized carbons (Fsp3) is 0.867. The van der Waals surface area contributed by atoms with Gasteiger partial charge in [-0.15, -0.1) is 0 Å². The van der Waals surface area contributed by atoms with Crippen LogP contribution in [0, 0.1) is 22.7 Å². The molecule has 1 fully saturated rings. The van der Waals surface area contributed by atoms with Crippen LogP contribution >= 0.6 is 0 Å². The van der Waals surface area contributed by atoms with Gasteiger partial charge in [0.1, 0.15) is 0 Å². The minimum absolute atomic E-state index is 0.106. The Kier molecular flexibility index (Phi) is 5.19. The molecule has 0 N–H and O–H groups in total. The lowest BCUT2D eigenvalue weighted by atomic mass is 9.68. The van der Waals surface area contributed by atoms with E-state index in [2.05, 4.69) is 19.9 Å². The van der Waals surface area contributed by atoms with Gasteiger partial charge in [-0.1, -0.05) is 26.7 Å². The predicted octanol–water partition coefficient (Wildman–Crippen LogP) is 3.35. The Hall–Kier alpha value is -1.04. The molecule has 18 heavy (non-hydrogen) atoms. The number of nitriles is 1. The van der Waals surface area contributed by atoms with E-state index in [4.69, 9.17) is 5.26 Å². The van der Waals surface area contributed by atoms with E-state index in [1.807, 2.05) is 18.7 Å². The van der Waals surface area contributed by atoms with Gasteiger partial charge < -0.3 is 4.90 Å². The van der Waals surface area contributed by atoms with E-state index in [0.29, 0.717) is 13.0 Å². The zero-order valence-electron chi connectivity index (χ0n) is 12.2. The van der Waals surface area contributed by atoms with Crippen LogP contribution in [0.4, 0.5) is 0 Å². The molecule has 1 saturated carbocycles. The topological polar surface area (TPSA) is 44.1 Å². The third-order valence-corrected chi connectivity index (χ3v) is 4.18. The van der Waals surface area contributed by atoms with Crippen LogP contribution in [-0.4, -0.2) is 23.4 Å². The number of carbonyl (C=O) groups excluding carboxylic acids is 1. The maximum Gasteiger partial charge on any atom is 0.226 e. The van der Waals surface area contributed by atoms with Crippen LogP contribution in [0.25, 0.3) is 0 Å². The van der Waals surface area contributed by atoms with Crippen molar-refractivity contribution in [1.29, 1.82) is 5.26 Å². The van der Waals surface area contributed by atoms with Gasteiger partial charge in [-0.3, -0.25) is 4.79 Å². The molecule has 0 aromatic carbocycles. The minimum Gasteiger partial charge on any atom is -0.339 e. The number of hydrogen-bond donors (Lipinski definition) is 0. The molecule has 0 aromatic rings. The highest BCUT2D eigenvalue weighted by atomic mass is 16.2. The molecule has 1 unspecified atom stereocenters. The number of amides is 1. The molecule has 0 bridgehead atoms. The van der Waals surface area contributed by atoms with Crippen molar-refractivity contribution in [3.63, 3.8) is 0 Å². The van der Waals surface area contributed by atoms with Crippen molar-refractivity contribution in [2.75, 3.05) is 6.54 Å². The Labute approximate surface area is 111 Å². The molecule has 1 atom stereocenters. The molecule has 0 saturated heterocycles. The van der Waals surface area contributed by atoms with Crippen molar-refractivity contribution in [2.24, 2.45) is 11.3 Å². The first-order chi connectivity index (χ1) is 8.40. The Morgan fingerprint density at radius 1 is 1.44 bits per heavy atom. The van der Waals surface area contributed by atoms with Gasteiger partial charge in [0.2, 0.25) is 5.91 Å². The van der Waals surface area contributed by atoms with Gasteiger partial charge >= 0.3 is 0 Å². The Balaban J connectivity index is 2.78. The van der Waals surface area contributed by atoms with Crippen molar-refractivity contribution < 1.29 is 4.79 Å². The van der Waals surface area contributed by atoms with Gasteiger partial charge in [0.05, 0.1) is 12.5 Å². The zero-order valence-corrected chi connectivity index (χ0v) is 12.2. The summed E-state index contributed by atoms with van der Waals surface area (Å²) in [6.07, 6.45) is 4.95. The minimum atomic E-state index is 0.106. The van der Waals surface area contributed by atoms with Crippen LogP contribution in [0.5, 0.6) is 0 Å². The third kappa shape index (κ3) is 3.48. The summed E-state index contributed by atoms with van der Waals surface area (Å²) >= 11 is 0. The van der Waals surface area contributed by atoms with Gasteiger partial charge in [0, 0.05) is 18.5 Å². The van der Waals surface area contributed by atoms with Crippen LogP contribution in [0.3, 0.4) is 0 Å². The first kappa shape index (κ1) is 15.0. The summed E-state index contributed by atoms with van der Waals surface area (Å²) in [6.45, 7) is 9.05. The first-order valence-corrected chi connectivity index (χ1v) is 7.07. The molecule has 0 radical (unpaired) electrons. The third-order valence-electron chi connectivity index (χ3n) is 4.18. The van der Waals surface area contributed by atoms with E-state index in [-0.39, 0.29) is 23.3 Å². The second kappa shape index (κ2) is 6.22. The summed E-state index contributed by atoms with van der Waals surface area (Å²) in [4.78, 5) is 14.6. The van der Waals surface area contributed by atoms with Gasteiger partial charge in [0.15, 0.2) is 0 Å². The summed E-state index contributed by atoms with van der Waals surface area (Å²) in [5.74, 6) is 0.386. The molecule has 1 rings (SSSR count). The largest absolute Gasteiger partial charge is 0.339 e. The van der Waals surface area contributed by atoms with E-state index in [1.54, 1.807) is 0 Å². The van der Waals surface area contributed by atoms with E-state index < -0.39 is 0 Å². The summed E-state index contributed by atoms with van der Waals surface area (Å²) in [6, 6.07) is 2.32.